The van der Waals surface area contributed by atoms with Crippen molar-refractivity contribution in [3.63, 3.8) is 0 Å². The van der Waals surface area contributed by atoms with Gasteiger partial charge >= 0.3 is 11.9 Å². The van der Waals surface area contributed by atoms with Gasteiger partial charge in [0.25, 0.3) is 5.60 Å². The van der Waals surface area contributed by atoms with E-state index in [4.69, 9.17) is 9.47 Å². The number of esters is 2. The predicted octanol–water partition coefficient (Wildman–Crippen LogP) is 1.24. The summed E-state index contributed by atoms with van der Waals surface area (Å²) in [6.45, 7) is 4.12. The molecular formula is C16H18O6. The lowest BCUT2D eigenvalue weighted by Crippen LogP contribution is -2.49. The third kappa shape index (κ3) is 2.75. The Balaban J connectivity index is 2.12. The van der Waals surface area contributed by atoms with Crippen LogP contribution in [0.2, 0.25) is 0 Å². The summed E-state index contributed by atoms with van der Waals surface area (Å²) in [5, 5.41) is 0. The normalized spacial score (nSPS) is 19.7. The second-order valence-electron chi connectivity index (χ2n) is 4.79. The molecule has 0 saturated carbocycles. The number of ether oxygens (including phenoxy) is 4. The van der Waals surface area contributed by atoms with Gasteiger partial charge in [0.2, 0.25) is 0 Å². The van der Waals surface area contributed by atoms with Crippen molar-refractivity contribution in [2.75, 3.05) is 20.8 Å². The Hall–Kier alpha value is -2.18. The highest BCUT2D eigenvalue weighted by Gasteiger charge is 2.59. The van der Waals surface area contributed by atoms with Crippen LogP contribution in [0, 0.1) is 0 Å². The Kier molecular flexibility index (Phi) is 4.95. The Bertz CT molecular complexity index is 549. The molecule has 22 heavy (non-hydrogen) atoms. The minimum absolute atomic E-state index is 0.0237. The van der Waals surface area contributed by atoms with E-state index in [9.17, 15) is 9.59 Å². The SMILES string of the molecule is C=C1[C@H](OCc2ccccc2)COC1(C(=O)OC)C(=O)OC. The van der Waals surface area contributed by atoms with Crippen LogP contribution in [0.25, 0.3) is 0 Å². The summed E-state index contributed by atoms with van der Waals surface area (Å²) in [6, 6.07) is 9.51. The third-order valence-electron chi connectivity index (χ3n) is 3.53. The lowest BCUT2D eigenvalue weighted by molar-refractivity contribution is -0.177. The molecule has 0 radical (unpaired) electrons. The van der Waals surface area contributed by atoms with Gasteiger partial charge in [-0.05, 0) is 5.56 Å². The second kappa shape index (κ2) is 6.72. The molecule has 1 fully saturated rings. The first-order valence-electron chi connectivity index (χ1n) is 6.71. The van der Waals surface area contributed by atoms with Crippen molar-refractivity contribution in [1.82, 2.24) is 0 Å². The monoisotopic (exact) mass is 306 g/mol. The number of hydrogen-bond acceptors (Lipinski definition) is 6. The highest BCUT2D eigenvalue weighted by atomic mass is 16.6. The van der Waals surface area contributed by atoms with Crippen LogP contribution < -0.4 is 0 Å². The molecule has 6 heteroatoms. The van der Waals surface area contributed by atoms with Crippen molar-refractivity contribution >= 4 is 11.9 Å². The second-order valence-corrected chi connectivity index (χ2v) is 4.79. The third-order valence-corrected chi connectivity index (χ3v) is 3.53. The van der Waals surface area contributed by atoms with Crippen molar-refractivity contribution in [2.45, 2.75) is 18.3 Å². The summed E-state index contributed by atoms with van der Waals surface area (Å²) in [7, 11) is 2.34. The van der Waals surface area contributed by atoms with Crippen molar-refractivity contribution in [3.05, 3.63) is 48.0 Å². The molecule has 0 amide bonds. The summed E-state index contributed by atoms with van der Waals surface area (Å²) >= 11 is 0. The largest absolute Gasteiger partial charge is 0.466 e. The molecule has 0 spiro atoms. The van der Waals surface area contributed by atoms with Gasteiger partial charge in [-0.1, -0.05) is 36.9 Å². The number of hydrogen-bond donors (Lipinski definition) is 0. The molecule has 1 atom stereocenters. The molecule has 1 aliphatic rings. The molecule has 1 heterocycles. The van der Waals surface area contributed by atoms with E-state index in [-0.39, 0.29) is 12.2 Å². The van der Waals surface area contributed by atoms with E-state index in [1.54, 1.807) is 0 Å². The quantitative estimate of drug-likeness (QED) is 0.463. The van der Waals surface area contributed by atoms with Gasteiger partial charge in [-0.15, -0.1) is 0 Å². The van der Waals surface area contributed by atoms with Gasteiger partial charge in [0.15, 0.2) is 0 Å². The fourth-order valence-corrected chi connectivity index (χ4v) is 2.29. The molecule has 2 rings (SSSR count). The van der Waals surface area contributed by atoms with Gasteiger partial charge in [0.1, 0.15) is 6.10 Å². The van der Waals surface area contributed by atoms with Crippen LogP contribution in [-0.2, 0) is 35.1 Å². The van der Waals surface area contributed by atoms with Gasteiger partial charge in [-0.2, -0.15) is 0 Å². The first kappa shape index (κ1) is 16.2. The Morgan fingerprint density at radius 1 is 1.23 bits per heavy atom. The highest BCUT2D eigenvalue weighted by molar-refractivity contribution is 6.08. The van der Waals surface area contributed by atoms with E-state index < -0.39 is 23.6 Å². The van der Waals surface area contributed by atoms with Crippen LogP contribution in [0.3, 0.4) is 0 Å². The van der Waals surface area contributed by atoms with Gasteiger partial charge in [0, 0.05) is 5.57 Å². The zero-order chi connectivity index (χ0) is 16.2. The maximum atomic E-state index is 12.0. The molecule has 0 bridgehead atoms. The first-order valence-corrected chi connectivity index (χ1v) is 6.71. The standard InChI is InChI=1S/C16H18O6/c1-11-13(21-9-12-7-5-4-6-8-12)10-22-16(11,14(17)19-2)15(18)20-3/h4-8,13H,1,9-10H2,2-3H3/t13-/m1/s1. The van der Waals surface area contributed by atoms with E-state index in [2.05, 4.69) is 16.1 Å². The van der Waals surface area contributed by atoms with Gasteiger partial charge in [-0.25, -0.2) is 9.59 Å². The molecule has 1 aromatic carbocycles. The Morgan fingerprint density at radius 3 is 2.36 bits per heavy atom. The van der Waals surface area contributed by atoms with Crippen LogP contribution in [0.5, 0.6) is 0 Å². The summed E-state index contributed by atoms with van der Waals surface area (Å²) in [4.78, 5) is 24.0. The fourth-order valence-electron chi connectivity index (χ4n) is 2.29. The van der Waals surface area contributed by atoms with Crippen molar-refractivity contribution in [2.24, 2.45) is 0 Å². The molecule has 1 aliphatic heterocycles. The van der Waals surface area contributed by atoms with Crippen LogP contribution in [-0.4, -0.2) is 44.5 Å². The van der Waals surface area contributed by atoms with Gasteiger partial charge < -0.3 is 18.9 Å². The molecule has 0 unspecified atom stereocenters. The van der Waals surface area contributed by atoms with Crippen molar-refractivity contribution in [1.29, 1.82) is 0 Å². The van der Waals surface area contributed by atoms with E-state index in [1.807, 2.05) is 30.3 Å². The number of methoxy groups -OCH3 is 2. The minimum Gasteiger partial charge on any atom is -0.466 e. The van der Waals surface area contributed by atoms with Crippen LogP contribution in [0.1, 0.15) is 5.56 Å². The maximum Gasteiger partial charge on any atom is 0.354 e. The lowest BCUT2D eigenvalue weighted by Gasteiger charge is -2.23. The minimum atomic E-state index is -1.95. The predicted molar refractivity (Wildman–Crippen MR) is 76.9 cm³/mol. The average Bonchev–Trinajstić information content (AvgIpc) is 2.90. The summed E-state index contributed by atoms with van der Waals surface area (Å²) in [6.07, 6.45) is -0.599. The molecule has 0 N–H and O–H groups in total. The summed E-state index contributed by atoms with van der Waals surface area (Å²) < 4.78 is 20.4. The topological polar surface area (TPSA) is 71.1 Å². The number of benzene rings is 1. The summed E-state index contributed by atoms with van der Waals surface area (Å²) in [5.41, 5.74) is -0.809. The van der Waals surface area contributed by atoms with Crippen LogP contribution >= 0.6 is 0 Å². The number of carbonyl (C=O) groups excluding carboxylic acids is 2. The number of carbonyl (C=O) groups is 2. The van der Waals surface area contributed by atoms with E-state index in [0.717, 1.165) is 5.56 Å². The molecule has 6 nitrogen and oxygen atoms in total. The molecular weight excluding hydrogens is 288 g/mol. The maximum absolute atomic E-state index is 12.0. The highest BCUT2D eigenvalue weighted by Crippen LogP contribution is 2.35. The van der Waals surface area contributed by atoms with Gasteiger partial charge in [-0.3, -0.25) is 0 Å². The molecule has 118 valence electrons. The zero-order valence-electron chi connectivity index (χ0n) is 12.5. The number of rotatable bonds is 5. The van der Waals surface area contributed by atoms with Crippen LogP contribution in [0.15, 0.2) is 42.5 Å². The summed E-state index contributed by atoms with van der Waals surface area (Å²) in [5.74, 6) is -1.73. The molecule has 1 saturated heterocycles. The molecule has 1 aromatic rings. The lowest BCUT2D eigenvalue weighted by atomic mass is 9.93. The average molecular weight is 306 g/mol. The van der Waals surface area contributed by atoms with E-state index in [1.165, 1.54) is 14.2 Å². The van der Waals surface area contributed by atoms with Gasteiger partial charge in [0.05, 0.1) is 27.4 Å². The smallest absolute Gasteiger partial charge is 0.354 e. The van der Waals surface area contributed by atoms with Crippen molar-refractivity contribution in [3.8, 4) is 0 Å². The van der Waals surface area contributed by atoms with E-state index >= 15 is 0 Å². The Morgan fingerprint density at radius 2 is 1.82 bits per heavy atom. The fraction of sp³-hybridized carbons (Fsp3) is 0.375. The first-order chi connectivity index (χ1) is 10.6. The Labute approximate surface area is 128 Å². The zero-order valence-corrected chi connectivity index (χ0v) is 12.5. The molecule has 0 aliphatic carbocycles. The van der Waals surface area contributed by atoms with Crippen molar-refractivity contribution < 1.29 is 28.5 Å². The molecule has 0 aromatic heterocycles. The van der Waals surface area contributed by atoms with Crippen LogP contribution in [0.4, 0.5) is 0 Å². The van der Waals surface area contributed by atoms with E-state index in [0.29, 0.717) is 6.61 Å².